The van der Waals surface area contributed by atoms with E-state index in [0.717, 1.165) is 12.1 Å². The normalized spacial score (nSPS) is 9.78. The van der Waals surface area contributed by atoms with Gasteiger partial charge >= 0.3 is 0 Å². The molecule has 4 nitrogen and oxygen atoms in total. The Morgan fingerprint density at radius 2 is 2.22 bits per heavy atom. The summed E-state index contributed by atoms with van der Waals surface area (Å²) in [7, 11) is 0. The number of hydrogen-bond acceptors (Lipinski definition) is 4. The number of nitriles is 1. The minimum atomic E-state index is 0.377. The monoisotopic (exact) mass is 238 g/mol. The first kappa shape index (κ1) is 11.9. The summed E-state index contributed by atoms with van der Waals surface area (Å²) in [6.07, 6.45) is 2.54. The molecule has 3 N–H and O–H groups in total. The Bertz CT molecular complexity index is 599. The van der Waals surface area contributed by atoms with Crippen molar-refractivity contribution in [2.75, 3.05) is 11.1 Å². The molecule has 0 saturated heterocycles. The fraction of sp³-hybridized carbons (Fsp3) is 0.143. The summed E-state index contributed by atoms with van der Waals surface area (Å²) in [5.41, 5.74) is 8.82. The molecule has 1 aromatic heterocycles. The maximum absolute atomic E-state index is 8.91. The molecule has 0 aliphatic rings. The Hall–Kier alpha value is -2.54. The van der Waals surface area contributed by atoms with Crippen molar-refractivity contribution in [1.82, 2.24) is 4.98 Å². The second kappa shape index (κ2) is 5.19. The molecule has 18 heavy (non-hydrogen) atoms. The zero-order valence-corrected chi connectivity index (χ0v) is 10.1. The molecule has 0 fully saturated rings. The van der Waals surface area contributed by atoms with Crippen molar-refractivity contribution < 1.29 is 0 Å². The van der Waals surface area contributed by atoms with Crippen LogP contribution in [0.1, 0.15) is 18.1 Å². The predicted molar refractivity (Wildman–Crippen MR) is 72.5 cm³/mol. The average Bonchev–Trinajstić information content (AvgIpc) is 2.41. The molecule has 0 unspecified atom stereocenters. The van der Waals surface area contributed by atoms with Gasteiger partial charge in [-0.2, -0.15) is 5.26 Å². The number of nitrogens with one attached hydrogen (secondary N) is 1. The number of rotatable bonds is 3. The summed E-state index contributed by atoms with van der Waals surface area (Å²) in [5.74, 6) is 0.516. The zero-order chi connectivity index (χ0) is 13.0. The van der Waals surface area contributed by atoms with E-state index in [4.69, 9.17) is 11.0 Å². The van der Waals surface area contributed by atoms with E-state index in [0.29, 0.717) is 17.1 Å². The number of nitrogens with zero attached hydrogens (tertiary/aromatic N) is 2. The van der Waals surface area contributed by atoms with E-state index in [-0.39, 0.29) is 0 Å². The van der Waals surface area contributed by atoms with Crippen LogP contribution in [0.4, 0.5) is 17.2 Å². The van der Waals surface area contributed by atoms with Crippen LogP contribution in [-0.4, -0.2) is 4.98 Å². The molecule has 0 spiro atoms. The quantitative estimate of drug-likeness (QED) is 0.862. The highest BCUT2D eigenvalue weighted by Crippen LogP contribution is 2.23. The van der Waals surface area contributed by atoms with Gasteiger partial charge in [0.2, 0.25) is 0 Å². The molecular weight excluding hydrogens is 224 g/mol. The van der Waals surface area contributed by atoms with Crippen molar-refractivity contribution >= 4 is 17.2 Å². The van der Waals surface area contributed by atoms with Crippen molar-refractivity contribution in [3.63, 3.8) is 0 Å². The van der Waals surface area contributed by atoms with Crippen LogP contribution in [0.15, 0.2) is 36.5 Å². The Morgan fingerprint density at radius 1 is 1.39 bits per heavy atom. The number of aromatic nitrogens is 1. The van der Waals surface area contributed by atoms with E-state index in [1.807, 2.05) is 24.3 Å². The predicted octanol–water partition coefficient (Wildman–Crippen LogP) is 2.84. The minimum absolute atomic E-state index is 0.377. The van der Waals surface area contributed by atoms with Crippen LogP contribution in [0.2, 0.25) is 0 Å². The second-order valence-electron chi connectivity index (χ2n) is 3.91. The highest BCUT2D eigenvalue weighted by molar-refractivity contribution is 5.73. The van der Waals surface area contributed by atoms with Crippen molar-refractivity contribution in [3.8, 4) is 6.07 Å². The maximum Gasteiger partial charge on any atom is 0.154 e. The first-order valence-electron chi connectivity index (χ1n) is 5.75. The zero-order valence-electron chi connectivity index (χ0n) is 10.1. The van der Waals surface area contributed by atoms with E-state index < -0.39 is 0 Å². The molecular formula is C14H14N4. The van der Waals surface area contributed by atoms with E-state index in [1.165, 1.54) is 5.56 Å². The average molecular weight is 238 g/mol. The molecule has 0 saturated carbocycles. The van der Waals surface area contributed by atoms with E-state index >= 15 is 0 Å². The number of benzene rings is 1. The molecule has 0 aliphatic heterocycles. The second-order valence-corrected chi connectivity index (χ2v) is 3.91. The lowest BCUT2D eigenvalue weighted by Gasteiger charge is -2.09. The van der Waals surface area contributed by atoms with Crippen LogP contribution in [0.5, 0.6) is 0 Å². The third-order valence-corrected chi connectivity index (χ3v) is 2.71. The Morgan fingerprint density at radius 3 is 2.94 bits per heavy atom. The fourth-order valence-corrected chi connectivity index (χ4v) is 1.68. The van der Waals surface area contributed by atoms with Gasteiger partial charge in [0.15, 0.2) is 5.82 Å². The lowest BCUT2D eigenvalue weighted by molar-refractivity contribution is 1.14. The van der Waals surface area contributed by atoms with Gasteiger partial charge in [-0.25, -0.2) is 4.98 Å². The maximum atomic E-state index is 8.91. The van der Waals surface area contributed by atoms with Crippen molar-refractivity contribution in [2.45, 2.75) is 13.3 Å². The summed E-state index contributed by atoms with van der Waals surface area (Å²) < 4.78 is 0. The molecule has 2 aromatic rings. The summed E-state index contributed by atoms with van der Waals surface area (Å²) in [6.45, 7) is 2.10. The van der Waals surface area contributed by atoms with Gasteiger partial charge in [-0.3, -0.25) is 0 Å². The number of anilines is 3. The summed E-state index contributed by atoms with van der Waals surface area (Å²) in [4.78, 5) is 4.15. The van der Waals surface area contributed by atoms with Gasteiger partial charge in [-0.1, -0.05) is 19.1 Å². The smallest absolute Gasteiger partial charge is 0.154 e. The van der Waals surface area contributed by atoms with Gasteiger partial charge in [0.1, 0.15) is 6.07 Å². The molecule has 0 atom stereocenters. The Balaban J connectivity index is 2.31. The number of hydrogen-bond donors (Lipinski definition) is 2. The van der Waals surface area contributed by atoms with E-state index in [2.05, 4.69) is 23.3 Å². The van der Waals surface area contributed by atoms with Crippen LogP contribution in [-0.2, 0) is 6.42 Å². The summed E-state index contributed by atoms with van der Waals surface area (Å²) in [6, 6.07) is 11.7. The standard InChI is InChI=1S/C14H14N4/c1-2-10-4-3-5-12(8-10)18-14-13(16)11(9-15)6-7-17-14/h3-8H,2,16H2,1H3,(H,17,18). The summed E-state index contributed by atoms with van der Waals surface area (Å²) in [5, 5.41) is 12.0. The van der Waals surface area contributed by atoms with E-state index in [9.17, 15) is 0 Å². The molecule has 0 aliphatic carbocycles. The first-order valence-corrected chi connectivity index (χ1v) is 5.75. The van der Waals surface area contributed by atoms with Gasteiger partial charge in [0.25, 0.3) is 0 Å². The molecule has 4 heteroatoms. The molecule has 2 rings (SSSR count). The lowest BCUT2D eigenvalue weighted by atomic mass is 10.1. The third kappa shape index (κ3) is 2.41. The van der Waals surface area contributed by atoms with E-state index in [1.54, 1.807) is 12.3 Å². The number of nitrogens with two attached hydrogens (primary N) is 1. The molecule has 90 valence electrons. The number of pyridine rings is 1. The summed E-state index contributed by atoms with van der Waals surface area (Å²) >= 11 is 0. The number of aryl methyl sites for hydroxylation is 1. The third-order valence-electron chi connectivity index (χ3n) is 2.71. The Kier molecular flexibility index (Phi) is 3.44. The van der Waals surface area contributed by atoms with Gasteiger partial charge in [0.05, 0.1) is 11.3 Å². The van der Waals surface area contributed by atoms with Gasteiger partial charge < -0.3 is 11.1 Å². The van der Waals surface area contributed by atoms with Crippen LogP contribution < -0.4 is 11.1 Å². The molecule has 1 heterocycles. The highest BCUT2D eigenvalue weighted by Gasteiger charge is 2.06. The van der Waals surface area contributed by atoms with Crippen LogP contribution in [0.3, 0.4) is 0 Å². The van der Waals surface area contributed by atoms with Crippen LogP contribution >= 0.6 is 0 Å². The topological polar surface area (TPSA) is 74.7 Å². The molecule has 0 radical (unpaired) electrons. The number of nitrogen functional groups attached to an aromatic ring is 1. The fourth-order valence-electron chi connectivity index (χ4n) is 1.68. The van der Waals surface area contributed by atoms with Gasteiger partial charge in [-0.05, 0) is 30.2 Å². The lowest BCUT2D eigenvalue weighted by Crippen LogP contribution is -2.01. The molecule has 1 aromatic carbocycles. The van der Waals surface area contributed by atoms with Gasteiger partial charge in [-0.15, -0.1) is 0 Å². The molecule has 0 amide bonds. The first-order chi connectivity index (χ1) is 8.74. The van der Waals surface area contributed by atoms with Crippen LogP contribution in [0, 0.1) is 11.3 Å². The van der Waals surface area contributed by atoms with Crippen molar-refractivity contribution in [1.29, 1.82) is 5.26 Å². The highest BCUT2D eigenvalue weighted by atomic mass is 15.0. The SMILES string of the molecule is CCc1cccc(Nc2nccc(C#N)c2N)c1. The molecule has 0 bridgehead atoms. The van der Waals surface area contributed by atoms with Crippen LogP contribution in [0.25, 0.3) is 0 Å². The largest absolute Gasteiger partial charge is 0.395 e. The van der Waals surface area contributed by atoms with Gasteiger partial charge in [0, 0.05) is 11.9 Å². The minimum Gasteiger partial charge on any atom is -0.395 e. The van der Waals surface area contributed by atoms with Crippen molar-refractivity contribution in [3.05, 3.63) is 47.7 Å². The van der Waals surface area contributed by atoms with Crippen molar-refractivity contribution in [2.24, 2.45) is 0 Å². The Labute approximate surface area is 106 Å².